The molecule has 0 fully saturated rings. The number of hydrogen-bond acceptors (Lipinski definition) is 4. The Hall–Kier alpha value is -2.50. The van der Waals surface area contributed by atoms with Crippen LogP contribution in [0.2, 0.25) is 0 Å². The van der Waals surface area contributed by atoms with Gasteiger partial charge < -0.3 is 0 Å². The second-order valence-corrected chi connectivity index (χ2v) is 3.49. The third kappa shape index (κ3) is 1.92. The molecule has 2 aromatic rings. The van der Waals surface area contributed by atoms with Gasteiger partial charge in [0.05, 0.1) is 28.1 Å². The lowest BCUT2D eigenvalue weighted by Gasteiger charge is -2.03. The van der Waals surface area contributed by atoms with Crippen molar-refractivity contribution in [3.63, 3.8) is 0 Å². The van der Waals surface area contributed by atoms with Gasteiger partial charge in [0.2, 0.25) is 0 Å². The molecule has 1 aromatic carbocycles. The predicted molar refractivity (Wildman–Crippen MR) is 60.3 cm³/mol. The Kier molecular flexibility index (Phi) is 2.70. The summed E-state index contributed by atoms with van der Waals surface area (Å²) in [4.78, 5) is 20.9. The van der Waals surface area contributed by atoms with E-state index < -0.39 is 4.92 Å². The van der Waals surface area contributed by atoms with Crippen LogP contribution in [0.5, 0.6) is 0 Å². The SMILES string of the molecule is Cc1c(C=O)cnn1-c1cccc([N+](=O)[O-])c1. The third-order valence-corrected chi connectivity index (χ3v) is 2.46. The highest BCUT2D eigenvalue weighted by atomic mass is 16.6. The standard InChI is InChI=1S/C11H9N3O3/c1-8-9(7-15)6-12-13(8)10-3-2-4-11(5-10)14(16)17/h2-7H,1H3. The van der Waals surface area contributed by atoms with Gasteiger partial charge in [-0.2, -0.15) is 5.10 Å². The molecule has 0 radical (unpaired) electrons. The summed E-state index contributed by atoms with van der Waals surface area (Å²) in [5.74, 6) is 0. The molecular formula is C11H9N3O3. The average molecular weight is 231 g/mol. The summed E-state index contributed by atoms with van der Waals surface area (Å²) in [6, 6.07) is 6.09. The minimum absolute atomic E-state index is 0.00921. The topological polar surface area (TPSA) is 78.0 Å². The van der Waals surface area contributed by atoms with Crippen molar-refractivity contribution < 1.29 is 9.72 Å². The van der Waals surface area contributed by atoms with Crippen LogP contribution in [0.15, 0.2) is 30.5 Å². The Balaban J connectivity index is 2.52. The number of benzene rings is 1. The fraction of sp³-hybridized carbons (Fsp3) is 0.0909. The Labute approximate surface area is 96.6 Å². The number of aldehydes is 1. The van der Waals surface area contributed by atoms with Gasteiger partial charge in [-0.3, -0.25) is 14.9 Å². The van der Waals surface area contributed by atoms with Gasteiger partial charge in [0.1, 0.15) is 0 Å². The molecule has 0 atom stereocenters. The van der Waals surface area contributed by atoms with E-state index in [-0.39, 0.29) is 5.69 Å². The number of rotatable bonds is 3. The van der Waals surface area contributed by atoms with Crippen molar-refractivity contribution in [2.24, 2.45) is 0 Å². The Morgan fingerprint density at radius 3 is 2.82 bits per heavy atom. The lowest BCUT2D eigenvalue weighted by Crippen LogP contribution is -2.00. The van der Waals surface area contributed by atoms with E-state index in [2.05, 4.69) is 5.10 Å². The van der Waals surface area contributed by atoms with E-state index in [4.69, 9.17) is 0 Å². The maximum atomic E-state index is 10.7. The molecule has 1 heterocycles. The first-order valence-corrected chi connectivity index (χ1v) is 4.88. The van der Waals surface area contributed by atoms with Crippen LogP contribution in [0.3, 0.4) is 0 Å². The molecule has 6 heteroatoms. The zero-order chi connectivity index (χ0) is 12.4. The van der Waals surface area contributed by atoms with Crippen LogP contribution in [0.4, 0.5) is 5.69 Å². The first kappa shape index (κ1) is 11.0. The number of non-ortho nitro benzene ring substituents is 1. The fourth-order valence-electron chi connectivity index (χ4n) is 1.54. The van der Waals surface area contributed by atoms with Crippen LogP contribution in [-0.4, -0.2) is 21.0 Å². The molecule has 0 N–H and O–H groups in total. The van der Waals surface area contributed by atoms with Crippen molar-refractivity contribution in [2.75, 3.05) is 0 Å². The molecule has 0 bridgehead atoms. The highest BCUT2D eigenvalue weighted by Crippen LogP contribution is 2.18. The lowest BCUT2D eigenvalue weighted by atomic mass is 10.2. The molecule has 6 nitrogen and oxygen atoms in total. The van der Waals surface area contributed by atoms with Crippen molar-refractivity contribution in [3.8, 4) is 5.69 Å². The maximum absolute atomic E-state index is 10.7. The largest absolute Gasteiger partial charge is 0.298 e. The van der Waals surface area contributed by atoms with Crippen LogP contribution in [0.25, 0.3) is 5.69 Å². The molecular weight excluding hydrogens is 222 g/mol. The molecule has 0 saturated heterocycles. The molecule has 0 aliphatic rings. The van der Waals surface area contributed by atoms with Crippen molar-refractivity contribution in [1.29, 1.82) is 0 Å². The summed E-state index contributed by atoms with van der Waals surface area (Å²) in [5, 5.41) is 14.7. The van der Waals surface area contributed by atoms with Gasteiger partial charge >= 0.3 is 0 Å². The molecule has 1 aromatic heterocycles. The number of nitrogens with zero attached hydrogens (tertiary/aromatic N) is 3. The maximum Gasteiger partial charge on any atom is 0.271 e. The van der Waals surface area contributed by atoms with Crippen LogP contribution >= 0.6 is 0 Å². The number of hydrogen-bond donors (Lipinski definition) is 0. The van der Waals surface area contributed by atoms with Gasteiger partial charge in [-0.1, -0.05) is 6.07 Å². The average Bonchev–Trinajstić information content (AvgIpc) is 2.70. The second kappa shape index (κ2) is 4.17. The van der Waals surface area contributed by atoms with Crippen LogP contribution < -0.4 is 0 Å². The van der Waals surface area contributed by atoms with Crippen LogP contribution in [-0.2, 0) is 0 Å². The number of nitro benzene ring substituents is 1. The predicted octanol–water partition coefficient (Wildman–Crippen LogP) is 1.90. The van der Waals surface area contributed by atoms with Crippen molar-refractivity contribution >= 4 is 12.0 Å². The molecule has 0 saturated carbocycles. The minimum Gasteiger partial charge on any atom is -0.298 e. The van der Waals surface area contributed by atoms with Crippen molar-refractivity contribution in [2.45, 2.75) is 6.92 Å². The van der Waals surface area contributed by atoms with Gasteiger partial charge in [-0.25, -0.2) is 4.68 Å². The first-order chi connectivity index (χ1) is 8.13. The summed E-state index contributed by atoms with van der Waals surface area (Å²) in [5.41, 5.74) is 1.67. The van der Waals surface area contributed by atoms with Crippen molar-refractivity contribution in [3.05, 3.63) is 51.8 Å². The van der Waals surface area contributed by atoms with Crippen LogP contribution in [0, 0.1) is 17.0 Å². The van der Waals surface area contributed by atoms with E-state index in [0.29, 0.717) is 23.2 Å². The third-order valence-electron chi connectivity index (χ3n) is 2.46. The Morgan fingerprint density at radius 2 is 2.24 bits per heavy atom. The van der Waals surface area contributed by atoms with Gasteiger partial charge in [0.15, 0.2) is 6.29 Å². The molecule has 0 amide bonds. The highest BCUT2D eigenvalue weighted by Gasteiger charge is 2.10. The Bertz CT molecular complexity index is 589. The number of nitro groups is 1. The van der Waals surface area contributed by atoms with Crippen LogP contribution in [0.1, 0.15) is 16.1 Å². The molecule has 17 heavy (non-hydrogen) atoms. The molecule has 0 spiro atoms. The molecule has 2 rings (SSSR count). The number of carbonyl (C=O) groups excluding carboxylic acids is 1. The normalized spacial score (nSPS) is 10.2. The summed E-state index contributed by atoms with van der Waals surface area (Å²) in [7, 11) is 0. The van der Waals surface area contributed by atoms with E-state index in [0.717, 1.165) is 0 Å². The van der Waals surface area contributed by atoms with E-state index >= 15 is 0 Å². The first-order valence-electron chi connectivity index (χ1n) is 4.88. The summed E-state index contributed by atoms with van der Waals surface area (Å²) < 4.78 is 1.50. The molecule has 0 aliphatic heterocycles. The van der Waals surface area contributed by atoms with E-state index in [1.807, 2.05) is 0 Å². The van der Waals surface area contributed by atoms with Crippen molar-refractivity contribution in [1.82, 2.24) is 9.78 Å². The van der Waals surface area contributed by atoms with E-state index in [1.54, 1.807) is 19.1 Å². The highest BCUT2D eigenvalue weighted by molar-refractivity contribution is 5.76. The van der Waals surface area contributed by atoms with E-state index in [9.17, 15) is 14.9 Å². The molecule has 86 valence electrons. The fourth-order valence-corrected chi connectivity index (χ4v) is 1.54. The zero-order valence-corrected chi connectivity index (χ0v) is 9.03. The summed E-state index contributed by atoms with van der Waals surface area (Å²) in [6.45, 7) is 1.73. The summed E-state index contributed by atoms with van der Waals surface area (Å²) >= 11 is 0. The number of aromatic nitrogens is 2. The lowest BCUT2D eigenvalue weighted by molar-refractivity contribution is -0.384. The molecule has 0 unspecified atom stereocenters. The second-order valence-electron chi connectivity index (χ2n) is 3.49. The van der Waals surface area contributed by atoms with Gasteiger partial charge in [-0.15, -0.1) is 0 Å². The number of carbonyl (C=O) groups is 1. The monoisotopic (exact) mass is 231 g/mol. The minimum atomic E-state index is -0.469. The smallest absolute Gasteiger partial charge is 0.271 e. The summed E-state index contributed by atoms with van der Waals surface area (Å²) in [6.07, 6.45) is 2.14. The van der Waals surface area contributed by atoms with Gasteiger partial charge in [0.25, 0.3) is 5.69 Å². The quantitative estimate of drug-likeness (QED) is 0.459. The van der Waals surface area contributed by atoms with E-state index in [1.165, 1.54) is 23.0 Å². The van der Waals surface area contributed by atoms with Gasteiger partial charge in [0, 0.05) is 12.1 Å². The zero-order valence-electron chi connectivity index (χ0n) is 9.03. The van der Waals surface area contributed by atoms with Gasteiger partial charge in [-0.05, 0) is 13.0 Å². The molecule has 0 aliphatic carbocycles. The Morgan fingerprint density at radius 1 is 1.47 bits per heavy atom.